The van der Waals surface area contributed by atoms with E-state index in [-0.39, 0.29) is 19.1 Å². The van der Waals surface area contributed by atoms with Crippen molar-refractivity contribution in [2.45, 2.75) is 13.0 Å². The first-order valence-corrected chi connectivity index (χ1v) is 7.59. The van der Waals surface area contributed by atoms with E-state index in [0.29, 0.717) is 23.9 Å². The van der Waals surface area contributed by atoms with Crippen LogP contribution < -0.4 is 10.1 Å². The van der Waals surface area contributed by atoms with Gasteiger partial charge in [0.25, 0.3) is 5.91 Å². The molecule has 1 aromatic heterocycles. The average molecular weight is 323 g/mol. The van der Waals surface area contributed by atoms with Gasteiger partial charge in [-0.2, -0.15) is 4.98 Å². The monoisotopic (exact) mass is 323 g/mol. The molecular weight excluding hydrogens is 306 g/mol. The molecule has 3 aromatic rings. The fourth-order valence-electron chi connectivity index (χ4n) is 2.10. The molecule has 0 radical (unpaired) electrons. The first kappa shape index (κ1) is 15.7. The van der Waals surface area contributed by atoms with Crippen LogP contribution in [0.25, 0.3) is 0 Å². The van der Waals surface area contributed by atoms with Crippen molar-refractivity contribution in [1.82, 2.24) is 15.5 Å². The van der Waals surface area contributed by atoms with Crippen LogP contribution in [0, 0.1) is 0 Å². The van der Waals surface area contributed by atoms with Crippen molar-refractivity contribution in [1.29, 1.82) is 0 Å². The maximum atomic E-state index is 11.8. The van der Waals surface area contributed by atoms with Crippen molar-refractivity contribution in [2.75, 3.05) is 6.61 Å². The fraction of sp³-hybridized carbons (Fsp3) is 0.167. The van der Waals surface area contributed by atoms with Crippen molar-refractivity contribution < 1.29 is 14.1 Å². The van der Waals surface area contributed by atoms with Gasteiger partial charge in [-0.25, -0.2) is 0 Å². The van der Waals surface area contributed by atoms with E-state index in [0.717, 1.165) is 5.56 Å². The molecule has 0 fully saturated rings. The molecule has 3 rings (SSSR count). The molecule has 6 nitrogen and oxygen atoms in total. The van der Waals surface area contributed by atoms with E-state index in [2.05, 4.69) is 15.5 Å². The van der Waals surface area contributed by atoms with Crippen molar-refractivity contribution in [3.05, 3.63) is 77.9 Å². The zero-order valence-corrected chi connectivity index (χ0v) is 13.0. The number of benzene rings is 2. The van der Waals surface area contributed by atoms with Crippen molar-refractivity contribution in [2.24, 2.45) is 0 Å². The highest BCUT2D eigenvalue weighted by Gasteiger charge is 2.09. The molecule has 1 N–H and O–H groups in total. The molecule has 0 bridgehead atoms. The smallest absolute Gasteiger partial charge is 0.258 e. The van der Waals surface area contributed by atoms with Gasteiger partial charge in [-0.15, -0.1) is 0 Å². The highest BCUT2D eigenvalue weighted by molar-refractivity contribution is 5.77. The topological polar surface area (TPSA) is 77.2 Å². The molecule has 1 heterocycles. The Bertz CT molecular complexity index is 772. The number of hydrogen-bond acceptors (Lipinski definition) is 5. The Balaban J connectivity index is 1.44. The molecule has 0 aliphatic heterocycles. The molecule has 0 atom stereocenters. The van der Waals surface area contributed by atoms with Crippen LogP contribution in [0.3, 0.4) is 0 Å². The van der Waals surface area contributed by atoms with E-state index in [9.17, 15) is 4.79 Å². The predicted octanol–water partition coefficient (Wildman–Crippen LogP) is 2.36. The maximum Gasteiger partial charge on any atom is 0.258 e. The summed E-state index contributed by atoms with van der Waals surface area (Å²) in [6, 6.07) is 19.0. The molecule has 0 unspecified atom stereocenters. The molecule has 1 amide bonds. The lowest BCUT2D eigenvalue weighted by Gasteiger charge is -2.05. The first-order valence-electron chi connectivity index (χ1n) is 7.59. The summed E-state index contributed by atoms with van der Waals surface area (Å²) >= 11 is 0. The number of rotatable bonds is 7. The summed E-state index contributed by atoms with van der Waals surface area (Å²) in [5.74, 6) is 1.37. The van der Waals surface area contributed by atoms with Crippen LogP contribution in [-0.2, 0) is 17.8 Å². The zero-order chi connectivity index (χ0) is 16.6. The second kappa shape index (κ2) is 7.92. The number of carbonyl (C=O) groups is 1. The minimum atomic E-state index is -0.242. The number of nitrogens with zero attached hydrogens (tertiary/aromatic N) is 2. The second-order valence-corrected chi connectivity index (χ2v) is 5.15. The third-order valence-electron chi connectivity index (χ3n) is 3.27. The Morgan fingerprint density at radius 3 is 2.50 bits per heavy atom. The molecule has 2 aromatic carbocycles. The second-order valence-electron chi connectivity index (χ2n) is 5.15. The summed E-state index contributed by atoms with van der Waals surface area (Å²) in [7, 11) is 0. The normalized spacial score (nSPS) is 10.3. The Hall–Kier alpha value is -3.15. The number of carbonyl (C=O) groups excluding carboxylic acids is 1. The quantitative estimate of drug-likeness (QED) is 0.722. The highest BCUT2D eigenvalue weighted by atomic mass is 16.5. The Labute approximate surface area is 139 Å². The fourth-order valence-corrected chi connectivity index (χ4v) is 2.10. The van der Waals surface area contributed by atoms with E-state index in [1.807, 2.05) is 48.5 Å². The largest absolute Gasteiger partial charge is 0.484 e. The van der Waals surface area contributed by atoms with E-state index >= 15 is 0 Å². The molecule has 0 aliphatic rings. The van der Waals surface area contributed by atoms with Gasteiger partial charge in [-0.05, 0) is 17.7 Å². The van der Waals surface area contributed by atoms with Crippen LogP contribution >= 0.6 is 0 Å². The van der Waals surface area contributed by atoms with Gasteiger partial charge in [-0.3, -0.25) is 4.79 Å². The Morgan fingerprint density at radius 2 is 1.75 bits per heavy atom. The Kier molecular flexibility index (Phi) is 5.19. The van der Waals surface area contributed by atoms with Gasteiger partial charge in [0.15, 0.2) is 12.4 Å². The molecule has 0 saturated heterocycles. The summed E-state index contributed by atoms with van der Waals surface area (Å²) in [5.41, 5.74) is 1.09. The summed E-state index contributed by atoms with van der Waals surface area (Å²) in [6.45, 7) is 0.147. The van der Waals surface area contributed by atoms with Gasteiger partial charge in [0.1, 0.15) is 5.75 Å². The van der Waals surface area contributed by atoms with Gasteiger partial charge in [0.2, 0.25) is 5.89 Å². The van der Waals surface area contributed by atoms with E-state index in [4.69, 9.17) is 9.26 Å². The van der Waals surface area contributed by atoms with Crippen LogP contribution in [0.15, 0.2) is 65.2 Å². The van der Waals surface area contributed by atoms with Gasteiger partial charge in [-0.1, -0.05) is 53.7 Å². The number of ether oxygens (including phenoxy) is 1. The van der Waals surface area contributed by atoms with Crippen molar-refractivity contribution in [3.8, 4) is 5.75 Å². The predicted molar refractivity (Wildman–Crippen MR) is 87.3 cm³/mol. The Morgan fingerprint density at radius 1 is 1.04 bits per heavy atom. The minimum Gasteiger partial charge on any atom is -0.484 e. The number of aromatic nitrogens is 2. The van der Waals surface area contributed by atoms with Gasteiger partial charge >= 0.3 is 0 Å². The van der Waals surface area contributed by atoms with Crippen molar-refractivity contribution >= 4 is 5.91 Å². The molecule has 6 heteroatoms. The van der Waals surface area contributed by atoms with Crippen LogP contribution in [0.2, 0.25) is 0 Å². The van der Waals surface area contributed by atoms with Gasteiger partial charge in [0, 0.05) is 0 Å². The lowest BCUT2D eigenvalue weighted by atomic mass is 10.1. The zero-order valence-electron chi connectivity index (χ0n) is 13.0. The molecule has 0 saturated carbocycles. The van der Waals surface area contributed by atoms with Crippen LogP contribution in [-0.4, -0.2) is 22.7 Å². The average Bonchev–Trinajstić information content (AvgIpc) is 3.07. The SMILES string of the molecule is O=C(COc1ccccc1)NCc1noc(Cc2ccccc2)n1. The molecular formula is C18H17N3O3. The number of para-hydroxylation sites is 1. The maximum absolute atomic E-state index is 11.8. The summed E-state index contributed by atoms with van der Waals surface area (Å²) < 4.78 is 10.6. The number of hydrogen-bond donors (Lipinski definition) is 1. The molecule has 0 aliphatic carbocycles. The van der Waals surface area contributed by atoms with Gasteiger partial charge in [0.05, 0.1) is 13.0 Å². The van der Waals surface area contributed by atoms with Gasteiger partial charge < -0.3 is 14.6 Å². The van der Waals surface area contributed by atoms with Crippen LogP contribution in [0.5, 0.6) is 5.75 Å². The van der Waals surface area contributed by atoms with Crippen LogP contribution in [0.1, 0.15) is 17.3 Å². The summed E-state index contributed by atoms with van der Waals surface area (Å²) in [5, 5.41) is 6.56. The third-order valence-corrected chi connectivity index (χ3v) is 3.27. The van der Waals surface area contributed by atoms with E-state index < -0.39 is 0 Å². The van der Waals surface area contributed by atoms with Crippen molar-refractivity contribution in [3.63, 3.8) is 0 Å². The number of nitrogens with one attached hydrogen (secondary N) is 1. The van der Waals surface area contributed by atoms with Crippen LogP contribution in [0.4, 0.5) is 0 Å². The summed E-state index contributed by atoms with van der Waals surface area (Å²) in [4.78, 5) is 16.0. The molecule has 24 heavy (non-hydrogen) atoms. The standard InChI is InChI=1S/C18H17N3O3/c22-17(13-23-15-9-5-2-6-10-15)19-12-16-20-18(24-21-16)11-14-7-3-1-4-8-14/h1-10H,11-13H2,(H,19,22). The lowest BCUT2D eigenvalue weighted by Crippen LogP contribution is -2.28. The molecule has 122 valence electrons. The van der Waals surface area contributed by atoms with E-state index in [1.165, 1.54) is 0 Å². The number of amides is 1. The lowest BCUT2D eigenvalue weighted by molar-refractivity contribution is -0.123. The highest BCUT2D eigenvalue weighted by Crippen LogP contribution is 2.08. The minimum absolute atomic E-state index is 0.0568. The molecule has 0 spiro atoms. The third kappa shape index (κ3) is 4.67. The van der Waals surface area contributed by atoms with E-state index in [1.54, 1.807) is 12.1 Å². The first-order chi connectivity index (χ1) is 11.8. The summed E-state index contributed by atoms with van der Waals surface area (Å²) in [6.07, 6.45) is 0.568.